The summed E-state index contributed by atoms with van der Waals surface area (Å²) in [6.07, 6.45) is 6.82. The molecule has 1 aromatic carbocycles. The third-order valence-electron chi connectivity index (χ3n) is 4.94. The molecule has 1 aliphatic rings. The Kier molecular flexibility index (Phi) is 6.25. The highest BCUT2D eigenvalue weighted by molar-refractivity contribution is 5.25. The molecule has 0 amide bonds. The molecule has 21 heavy (non-hydrogen) atoms. The van der Waals surface area contributed by atoms with E-state index in [1.54, 1.807) is 0 Å². The zero-order chi connectivity index (χ0) is 15.1. The molecule has 118 valence electrons. The van der Waals surface area contributed by atoms with Crippen molar-refractivity contribution in [2.75, 3.05) is 19.6 Å². The van der Waals surface area contributed by atoms with Crippen molar-refractivity contribution in [1.82, 2.24) is 10.2 Å². The average molecular weight is 288 g/mol. The number of rotatable bonds is 7. The van der Waals surface area contributed by atoms with Gasteiger partial charge in [0.15, 0.2) is 0 Å². The number of unbranched alkanes of at least 4 members (excludes halogenated alkanes) is 3. The number of nitrogens with zero attached hydrogens (tertiary/aromatic N) is 1. The van der Waals surface area contributed by atoms with Gasteiger partial charge in [-0.25, -0.2) is 0 Å². The molecule has 0 bridgehead atoms. The minimum Gasteiger partial charge on any atom is -0.305 e. The standard InChI is InChI=1S/C19H32N2/c1-4-5-6-8-11-17(2)21-15-14-20-19(3,16-21)18-12-9-7-10-13-18/h7,9-10,12-13,17,20H,4-6,8,11,14-16H2,1-3H3. The monoisotopic (exact) mass is 288 g/mol. The summed E-state index contributed by atoms with van der Waals surface area (Å²) in [7, 11) is 0. The summed E-state index contributed by atoms with van der Waals surface area (Å²) in [6, 6.07) is 11.6. The summed E-state index contributed by atoms with van der Waals surface area (Å²) in [6.45, 7) is 10.4. The first-order valence-corrected chi connectivity index (χ1v) is 8.70. The van der Waals surface area contributed by atoms with Gasteiger partial charge in [0.1, 0.15) is 0 Å². The van der Waals surface area contributed by atoms with Crippen LogP contribution in [0.25, 0.3) is 0 Å². The molecule has 0 saturated carbocycles. The maximum absolute atomic E-state index is 3.73. The van der Waals surface area contributed by atoms with Crippen LogP contribution in [0.4, 0.5) is 0 Å². The Hall–Kier alpha value is -0.860. The van der Waals surface area contributed by atoms with E-state index >= 15 is 0 Å². The quantitative estimate of drug-likeness (QED) is 0.758. The second-order valence-electron chi connectivity index (χ2n) is 6.79. The Labute approximate surface area is 130 Å². The summed E-state index contributed by atoms with van der Waals surface area (Å²) < 4.78 is 0. The van der Waals surface area contributed by atoms with E-state index in [9.17, 15) is 0 Å². The van der Waals surface area contributed by atoms with Gasteiger partial charge in [-0.2, -0.15) is 0 Å². The highest BCUT2D eigenvalue weighted by Gasteiger charge is 2.33. The normalized spacial score (nSPS) is 24.9. The van der Waals surface area contributed by atoms with Crippen molar-refractivity contribution in [1.29, 1.82) is 0 Å². The molecular weight excluding hydrogens is 256 g/mol. The van der Waals surface area contributed by atoms with Crippen molar-refractivity contribution in [3.05, 3.63) is 35.9 Å². The van der Waals surface area contributed by atoms with E-state index in [-0.39, 0.29) is 5.54 Å². The van der Waals surface area contributed by atoms with Gasteiger partial charge >= 0.3 is 0 Å². The first-order chi connectivity index (χ1) is 10.2. The summed E-state index contributed by atoms with van der Waals surface area (Å²) >= 11 is 0. The molecular formula is C19H32N2. The number of benzene rings is 1. The van der Waals surface area contributed by atoms with E-state index in [0.717, 1.165) is 13.1 Å². The van der Waals surface area contributed by atoms with Crippen LogP contribution in [0.3, 0.4) is 0 Å². The predicted octanol–water partition coefficient (Wildman–Crippen LogP) is 4.17. The molecule has 1 aliphatic heterocycles. The van der Waals surface area contributed by atoms with E-state index in [2.05, 4.69) is 61.3 Å². The lowest BCUT2D eigenvalue weighted by molar-refractivity contribution is 0.101. The zero-order valence-corrected chi connectivity index (χ0v) is 14.1. The fourth-order valence-electron chi connectivity index (χ4n) is 3.44. The van der Waals surface area contributed by atoms with E-state index in [1.165, 1.54) is 44.2 Å². The van der Waals surface area contributed by atoms with E-state index < -0.39 is 0 Å². The molecule has 0 aromatic heterocycles. The molecule has 2 nitrogen and oxygen atoms in total. The third-order valence-corrected chi connectivity index (χ3v) is 4.94. The molecule has 1 N–H and O–H groups in total. The minimum atomic E-state index is 0.0944. The second kappa shape index (κ2) is 7.95. The molecule has 0 spiro atoms. The molecule has 2 atom stereocenters. The number of hydrogen-bond donors (Lipinski definition) is 1. The first-order valence-electron chi connectivity index (χ1n) is 8.70. The van der Waals surface area contributed by atoms with Crippen LogP contribution in [-0.2, 0) is 5.54 Å². The van der Waals surface area contributed by atoms with Gasteiger partial charge in [-0.1, -0.05) is 62.9 Å². The minimum absolute atomic E-state index is 0.0944. The van der Waals surface area contributed by atoms with Gasteiger partial charge in [0.05, 0.1) is 5.54 Å². The highest BCUT2D eigenvalue weighted by Crippen LogP contribution is 2.26. The lowest BCUT2D eigenvalue weighted by Crippen LogP contribution is -2.58. The van der Waals surface area contributed by atoms with Gasteiger partial charge in [-0.3, -0.25) is 4.90 Å². The number of piperazine rings is 1. The molecule has 1 fully saturated rings. The fourth-order valence-corrected chi connectivity index (χ4v) is 3.44. The topological polar surface area (TPSA) is 15.3 Å². The largest absolute Gasteiger partial charge is 0.305 e. The van der Waals surface area contributed by atoms with Crippen LogP contribution in [0.2, 0.25) is 0 Å². The Morgan fingerprint density at radius 1 is 1.19 bits per heavy atom. The lowest BCUT2D eigenvalue weighted by Gasteiger charge is -2.44. The van der Waals surface area contributed by atoms with Crippen LogP contribution >= 0.6 is 0 Å². The maximum Gasteiger partial charge on any atom is 0.0535 e. The van der Waals surface area contributed by atoms with Crippen LogP contribution < -0.4 is 5.32 Å². The summed E-state index contributed by atoms with van der Waals surface area (Å²) in [4.78, 5) is 2.68. The maximum atomic E-state index is 3.73. The van der Waals surface area contributed by atoms with Crippen LogP contribution in [-0.4, -0.2) is 30.6 Å². The molecule has 0 radical (unpaired) electrons. The number of nitrogens with one attached hydrogen (secondary N) is 1. The molecule has 1 heterocycles. The smallest absolute Gasteiger partial charge is 0.0535 e. The average Bonchev–Trinajstić information content (AvgIpc) is 2.52. The van der Waals surface area contributed by atoms with Crippen molar-refractivity contribution in [2.24, 2.45) is 0 Å². The summed E-state index contributed by atoms with van der Waals surface area (Å²) in [5, 5.41) is 3.73. The van der Waals surface area contributed by atoms with E-state index in [0.29, 0.717) is 6.04 Å². The van der Waals surface area contributed by atoms with Crippen LogP contribution in [0.1, 0.15) is 58.4 Å². The van der Waals surface area contributed by atoms with Crippen LogP contribution in [0, 0.1) is 0 Å². The van der Waals surface area contributed by atoms with Gasteiger partial charge in [0, 0.05) is 25.7 Å². The number of hydrogen-bond acceptors (Lipinski definition) is 2. The molecule has 2 rings (SSSR count). The van der Waals surface area contributed by atoms with E-state index in [4.69, 9.17) is 0 Å². The Bertz CT molecular complexity index is 403. The summed E-state index contributed by atoms with van der Waals surface area (Å²) in [5.74, 6) is 0. The summed E-state index contributed by atoms with van der Waals surface area (Å²) in [5.41, 5.74) is 1.50. The Morgan fingerprint density at radius 2 is 1.95 bits per heavy atom. The third kappa shape index (κ3) is 4.55. The zero-order valence-electron chi connectivity index (χ0n) is 14.1. The fraction of sp³-hybridized carbons (Fsp3) is 0.684. The Balaban J connectivity index is 1.91. The van der Waals surface area contributed by atoms with Crippen LogP contribution in [0.15, 0.2) is 30.3 Å². The van der Waals surface area contributed by atoms with Crippen molar-refractivity contribution in [3.63, 3.8) is 0 Å². The van der Waals surface area contributed by atoms with Crippen molar-refractivity contribution in [2.45, 2.75) is 64.5 Å². The molecule has 2 heteroatoms. The lowest BCUT2D eigenvalue weighted by atomic mass is 9.89. The first kappa shape index (κ1) is 16.5. The highest BCUT2D eigenvalue weighted by atomic mass is 15.2. The van der Waals surface area contributed by atoms with Crippen molar-refractivity contribution in [3.8, 4) is 0 Å². The van der Waals surface area contributed by atoms with Crippen molar-refractivity contribution >= 4 is 0 Å². The van der Waals surface area contributed by atoms with Gasteiger partial charge in [0.2, 0.25) is 0 Å². The van der Waals surface area contributed by atoms with Gasteiger partial charge in [-0.15, -0.1) is 0 Å². The molecule has 1 aromatic rings. The predicted molar refractivity (Wildman–Crippen MR) is 91.6 cm³/mol. The van der Waals surface area contributed by atoms with Gasteiger partial charge < -0.3 is 5.32 Å². The van der Waals surface area contributed by atoms with Crippen LogP contribution in [0.5, 0.6) is 0 Å². The Morgan fingerprint density at radius 3 is 2.67 bits per heavy atom. The van der Waals surface area contributed by atoms with E-state index in [1.807, 2.05) is 0 Å². The second-order valence-corrected chi connectivity index (χ2v) is 6.79. The van der Waals surface area contributed by atoms with Gasteiger partial charge in [-0.05, 0) is 25.8 Å². The molecule has 2 unspecified atom stereocenters. The van der Waals surface area contributed by atoms with Gasteiger partial charge in [0.25, 0.3) is 0 Å². The molecule has 0 aliphatic carbocycles. The SMILES string of the molecule is CCCCCCC(C)N1CCNC(C)(c2ccccc2)C1. The van der Waals surface area contributed by atoms with Crippen molar-refractivity contribution < 1.29 is 0 Å². The molecule has 1 saturated heterocycles.